The van der Waals surface area contributed by atoms with Crippen molar-refractivity contribution in [3.8, 4) is 11.5 Å². The van der Waals surface area contributed by atoms with Gasteiger partial charge in [0.05, 0.1) is 17.2 Å². The van der Waals surface area contributed by atoms with Crippen LogP contribution >= 0.6 is 11.8 Å². The molecule has 1 saturated heterocycles. The third kappa shape index (κ3) is 6.29. The molecule has 0 saturated carbocycles. The van der Waals surface area contributed by atoms with E-state index in [0.29, 0.717) is 41.2 Å². The normalized spacial score (nSPS) is 15.0. The number of benzene rings is 4. The van der Waals surface area contributed by atoms with Crippen molar-refractivity contribution >= 4 is 45.4 Å². The summed E-state index contributed by atoms with van der Waals surface area (Å²) < 4.78 is 12.4. The Morgan fingerprint density at radius 3 is 2.52 bits per heavy atom. The number of ether oxygens (including phenoxy) is 2. The fraction of sp³-hybridized carbons (Fsp3) is 0.176. The maximum Gasteiger partial charge on any atom is 0.264 e. The first-order valence-electron chi connectivity index (χ1n) is 13.5. The summed E-state index contributed by atoms with van der Waals surface area (Å²) in [7, 11) is 0. The predicted molar refractivity (Wildman–Crippen MR) is 166 cm³/mol. The van der Waals surface area contributed by atoms with E-state index in [0.717, 1.165) is 34.2 Å². The Kier molecular flexibility index (Phi) is 8.67. The zero-order valence-electron chi connectivity index (χ0n) is 22.8. The van der Waals surface area contributed by atoms with Gasteiger partial charge >= 0.3 is 0 Å². The number of amides is 1. The molecule has 1 N–H and O–H groups in total. The number of carbonyl (C=O) groups excluding carboxylic acids is 1. The molecular weight excluding hydrogens is 516 g/mol. The quantitative estimate of drug-likeness (QED) is 0.161. The number of thioether (sulfide) groups is 1. The van der Waals surface area contributed by atoms with Crippen LogP contribution in [-0.4, -0.2) is 17.7 Å². The summed E-state index contributed by atoms with van der Waals surface area (Å²) in [5.41, 5.74) is 4.95. The van der Waals surface area contributed by atoms with Crippen LogP contribution < -0.4 is 14.8 Å². The van der Waals surface area contributed by atoms with Crippen molar-refractivity contribution in [1.29, 1.82) is 0 Å². The molecule has 5 nitrogen and oxygen atoms in total. The lowest BCUT2D eigenvalue weighted by Gasteiger charge is -2.17. The fourth-order valence-electron chi connectivity index (χ4n) is 4.62. The molecule has 1 aliphatic heterocycles. The lowest BCUT2D eigenvalue weighted by molar-refractivity contribution is -0.115. The summed E-state index contributed by atoms with van der Waals surface area (Å²) in [4.78, 5) is 18.0. The molecule has 0 aromatic heterocycles. The number of aliphatic imine (C=N–C) groups is 1. The maximum absolute atomic E-state index is 12.8. The van der Waals surface area contributed by atoms with E-state index in [1.54, 1.807) is 0 Å². The second kappa shape index (κ2) is 12.7. The largest absolute Gasteiger partial charge is 0.490 e. The summed E-state index contributed by atoms with van der Waals surface area (Å²) in [5.74, 6) is 1.16. The van der Waals surface area contributed by atoms with Gasteiger partial charge in [0.15, 0.2) is 16.7 Å². The second-order valence-electron chi connectivity index (χ2n) is 9.36. The van der Waals surface area contributed by atoms with Gasteiger partial charge in [-0.3, -0.25) is 4.79 Å². The molecule has 0 aliphatic carbocycles. The Balaban J connectivity index is 1.42. The number of carbonyl (C=O) groups is 1. The number of nitrogens with zero attached hydrogens (tertiary/aromatic N) is 1. The monoisotopic (exact) mass is 548 g/mol. The van der Waals surface area contributed by atoms with Gasteiger partial charge in [-0.2, -0.15) is 0 Å². The van der Waals surface area contributed by atoms with Crippen LogP contribution in [0, 0.1) is 0 Å². The smallest absolute Gasteiger partial charge is 0.264 e. The van der Waals surface area contributed by atoms with Crippen molar-refractivity contribution in [2.75, 3.05) is 6.61 Å². The van der Waals surface area contributed by atoms with Crippen LogP contribution in [-0.2, 0) is 24.2 Å². The standard InChI is InChI=1S/C34H32N2O3S/c1-4-10-26-19-24(21-31-33(37)36-34(40-31)35-28-17-15-23(5-2)16-18-28)20-30(38-6-3)32(26)39-22-27-13-9-12-25-11-7-8-14-29(25)27/h4,7-9,11-21H,1,5-6,10,22H2,2-3H3,(H,35,36,37)/b31-21-. The van der Waals surface area contributed by atoms with E-state index in [4.69, 9.17) is 9.47 Å². The first-order chi connectivity index (χ1) is 19.6. The van der Waals surface area contributed by atoms with Gasteiger partial charge in [-0.15, -0.1) is 6.58 Å². The molecule has 5 rings (SSSR count). The Morgan fingerprint density at radius 1 is 0.950 bits per heavy atom. The topological polar surface area (TPSA) is 59.9 Å². The van der Waals surface area contributed by atoms with Crippen LogP contribution in [0.2, 0.25) is 0 Å². The van der Waals surface area contributed by atoms with Crippen LogP contribution in [0.15, 0.2) is 101 Å². The van der Waals surface area contributed by atoms with Gasteiger partial charge in [0.1, 0.15) is 6.61 Å². The van der Waals surface area contributed by atoms with Crippen LogP contribution in [0.1, 0.15) is 36.1 Å². The predicted octanol–water partition coefficient (Wildman–Crippen LogP) is 8.00. The number of aryl methyl sites for hydroxylation is 1. The number of rotatable bonds is 10. The average Bonchev–Trinajstić information content (AvgIpc) is 3.31. The van der Waals surface area contributed by atoms with Gasteiger partial charge in [0.2, 0.25) is 0 Å². The molecule has 0 unspecified atom stereocenters. The first-order valence-corrected chi connectivity index (χ1v) is 14.3. The molecule has 4 aromatic rings. The molecule has 0 radical (unpaired) electrons. The molecule has 6 heteroatoms. The Morgan fingerprint density at radius 2 is 1.75 bits per heavy atom. The lowest BCUT2D eigenvalue weighted by atomic mass is 10.0. The van der Waals surface area contributed by atoms with E-state index in [2.05, 4.69) is 60.2 Å². The summed E-state index contributed by atoms with van der Waals surface area (Å²) in [6.45, 7) is 8.90. The van der Waals surface area contributed by atoms with Crippen LogP contribution in [0.3, 0.4) is 0 Å². The molecular formula is C34H32N2O3S. The molecule has 0 spiro atoms. The van der Waals surface area contributed by atoms with E-state index in [1.165, 1.54) is 22.7 Å². The minimum Gasteiger partial charge on any atom is -0.490 e. The highest BCUT2D eigenvalue weighted by molar-refractivity contribution is 8.18. The van der Waals surface area contributed by atoms with Gasteiger partial charge in [0.25, 0.3) is 5.91 Å². The zero-order valence-corrected chi connectivity index (χ0v) is 23.6. The minimum atomic E-state index is -0.173. The Labute approximate surface area is 239 Å². The maximum atomic E-state index is 12.8. The molecule has 4 aromatic carbocycles. The van der Waals surface area contributed by atoms with Crippen molar-refractivity contribution in [3.63, 3.8) is 0 Å². The van der Waals surface area contributed by atoms with Gasteiger partial charge < -0.3 is 14.8 Å². The van der Waals surface area contributed by atoms with Gasteiger partial charge in [-0.05, 0) is 89.3 Å². The number of nitrogens with one attached hydrogen (secondary N) is 1. The first kappa shape index (κ1) is 27.3. The van der Waals surface area contributed by atoms with E-state index in [9.17, 15) is 4.79 Å². The van der Waals surface area contributed by atoms with Crippen LogP contribution in [0.5, 0.6) is 11.5 Å². The van der Waals surface area contributed by atoms with Crippen LogP contribution in [0.4, 0.5) is 5.69 Å². The number of allylic oxidation sites excluding steroid dienone is 1. The molecule has 202 valence electrons. The van der Waals surface area contributed by atoms with Gasteiger partial charge in [-0.25, -0.2) is 4.99 Å². The number of fused-ring (bicyclic) bond motifs is 1. The fourth-order valence-corrected chi connectivity index (χ4v) is 5.47. The van der Waals surface area contributed by atoms with Crippen LogP contribution in [0.25, 0.3) is 16.8 Å². The van der Waals surface area contributed by atoms with Gasteiger partial charge in [0, 0.05) is 5.56 Å². The summed E-state index contributed by atoms with van der Waals surface area (Å²) in [6.07, 6.45) is 5.28. The second-order valence-corrected chi connectivity index (χ2v) is 10.4. The van der Waals surface area contributed by atoms with Crippen molar-refractivity contribution in [3.05, 3.63) is 119 Å². The lowest BCUT2D eigenvalue weighted by Crippen LogP contribution is -2.19. The van der Waals surface area contributed by atoms with E-state index < -0.39 is 0 Å². The summed E-state index contributed by atoms with van der Waals surface area (Å²) >= 11 is 1.33. The minimum absolute atomic E-state index is 0.173. The van der Waals surface area contributed by atoms with Crippen molar-refractivity contribution < 1.29 is 14.3 Å². The van der Waals surface area contributed by atoms with Gasteiger partial charge in [-0.1, -0.05) is 67.6 Å². The zero-order chi connectivity index (χ0) is 27.9. The molecule has 0 atom stereocenters. The number of hydrogen-bond acceptors (Lipinski definition) is 5. The SMILES string of the molecule is C=CCc1cc(/C=C2\SC(=Nc3ccc(CC)cc3)NC2=O)cc(OCC)c1OCc1cccc2ccccc12. The molecule has 0 bridgehead atoms. The van der Waals surface area contributed by atoms with E-state index in [-0.39, 0.29) is 5.91 Å². The third-order valence-electron chi connectivity index (χ3n) is 6.59. The van der Waals surface area contributed by atoms with Crippen molar-refractivity contribution in [2.45, 2.75) is 33.3 Å². The molecule has 1 aliphatic rings. The highest BCUT2D eigenvalue weighted by Gasteiger charge is 2.24. The highest BCUT2D eigenvalue weighted by Crippen LogP contribution is 2.37. The number of amidine groups is 1. The van der Waals surface area contributed by atoms with E-state index >= 15 is 0 Å². The average molecular weight is 549 g/mol. The molecule has 1 amide bonds. The van der Waals surface area contributed by atoms with Crippen molar-refractivity contribution in [1.82, 2.24) is 5.32 Å². The highest BCUT2D eigenvalue weighted by atomic mass is 32.2. The summed E-state index contributed by atoms with van der Waals surface area (Å²) in [5, 5.41) is 5.78. The summed E-state index contributed by atoms with van der Waals surface area (Å²) in [6, 6.07) is 26.5. The Bertz CT molecular complexity index is 1600. The van der Waals surface area contributed by atoms with E-state index in [1.807, 2.05) is 61.5 Å². The number of hydrogen-bond donors (Lipinski definition) is 1. The van der Waals surface area contributed by atoms with Crippen molar-refractivity contribution in [2.24, 2.45) is 4.99 Å². The third-order valence-corrected chi connectivity index (χ3v) is 7.50. The molecule has 1 heterocycles. The Hall–Kier alpha value is -4.29. The molecule has 40 heavy (non-hydrogen) atoms. The molecule has 1 fully saturated rings.